The lowest BCUT2D eigenvalue weighted by atomic mass is 10.0. The largest absolute Gasteiger partial charge is 0.291 e. The molecule has 0 aliphatic heterocycles. The summed E-state index contributed by atoms with van der Waals surface area (Å²) in [6.07, 6.45) is 1.03. The van der Waals surface area contributed by atoms with Crippen LogP contribution in [0.15, 0.2) is 30.3 Å². The lowest BCUT2D eigenvalue weighted by Gasteiger charge is -1.99. The summed E-state index contributed by atoms with van der Waals surface area (Å²) in [5.41, 5.74) is 0.877. The van der Waals surface area contributed by atoms with Gasteiger partial charge in [0.1, 0.15) is 0 Å². The summed E-state index contributed by atoms with van der Waals surface area (Å²) < 4.78 is 0. The van der Waals surface area contributed by atoms with Crippen molar-refractivity contribution in [1.29, 1.82) is 0 Å². The predicted octanol–water partition coefficient (Wildman–Crippen LogP) is 2.39. The molecule has 15 heavy (non-hydrogen) atoms. The van der Waals surface area contributed by atoms with E-state index < -0.39 is 0 Å². The van der Waals surface area contributed by atoms with Crippen LogP contribution in [-0.2, 0) is 16.0 Å². The van der Waals surface area contributed by atoms with Gasteiger partial charge < -0.3 is 0 Å². The van der Waals surface area contributed by atoms with Crippen LogP contribution in [0.3, 0.4) is 0 Å². The summed E-state index contributed by atoms with van der Waals surface area (Å²) in [6.45, 7) is 0. The van der Waals surface area contributed by atoms with Crippen molar-refractivity contribution in [3.8, 4) is 0 Å². The third-order valence-corrected chi connectivity index (χ3v) is 2.32. The smallest absolute Gasteiger partial charge is 0.202 e. The van der Waals surface area contributed by atoms with Gasteiger partial charge in [-0.15, -0.1) is 11.6 Å². The van der Waals surface area contributed by atoms with Crippen LogP contribution in [0, 0.1) is 0 Å². The Morgan fingerprint density at radius 1 is 1.07 bits per heavy atom. The average Bonchev–Trinajstić information content (AvgIpc) is 2.27. The monoisotopic (exact) mass is 224 g/mol. The first-order valence-corrected chi connectivity index (χ1v) is 5.43. The minimum absolute atomic E-state index is 0.196. The molecule has 0 unspecified atom stereocenters. The first-order valence-electron chi connectivity index (χ1n) is 4.90. The number of carbonyl (C=O) groups excluding carboxylic acids is 2. The molecule has 0 radical (unpaired) electrons. The van der Waals surface area contributed by atoms with Gasteiger partial charge in [-0.3, -0.25) is 9.59 Å². The second kappa shape index (κ2) is 6.36. The van der Waals surface area contributed by atoms with Crippen molar-refractivity contribution in [2.24, 2.45) is 0 Å². The molecule has 1 rings (SSSR count). The number of halogens is 1. The maximum absolute atomic E-state index is 11.4. The van der Waals surface area contributed by atoms with E-state index in [0.29, 0.717) is 12.3 Å². The zero-order valence-corrected chi connectivity index (χ0v) is 9.17. The van der Waals surface area contributed by atoms with Crippen LogP contribution < -0.4 is 0 Å². The van der Waals surface area contributed by atoms with Crippen molar-refractivity contribution in [3.63, 3.8) is 0 Å². The fraction of sp³-hybridized carbons (Fsp3) is 0.333. The fourth-order valence-corrected chi connectivity index (χ4v) is 1.38. The number of Topliss-reactive ketones (excluding diaryl/α,β-unsaturated/α-hetero) is 2. The molecule has 0 saturated heterocycles. The Balaban J connectivity index is 2.45. The Bertz CT molecular complexity index is 333. The van der Waals surface area contributed by atoms with Gasteiger partial charge in [-0.05, 0) is 12.0 Å². The summed E-state index contributed by atoms with van der Waals surface area (Å²) in [5.74, 6) is -0.226. The zero-order chi connectivity index (χ0) is 11.1. The molecule has 2 nitrogen and oxygen atoms in total. The quantitative estimate of drug-likeness (QED) is 0.549. The molecule has 0 aliphatic carbocycles. The molecule has 0 amide bonds. The van der Waals surface area contributed by atoms with E-state index in [1.807, 2.05) is 30.3 Å². The van der Waals surface area contributed by atoms with Gasteiger partial charge in [0.2, 0.25) is 5.78 Å². The van der Waals surface area contributed by atoms with Gasteiger partial charge in [0.05, 0.1) is 0 Å². The highest BCUT2D eigenvalue weighted by Gasteiger charge is 2.13. The summed E-state index contributed by atoms with van der Waals surface area (Å²) in [4.78, 5) is 22.7. The lowest BCUT2D eigenvalue weighted by Crippen LogP contribution is -2.16. The number of benzene rings is 1. The molecule has 3 heteroatoms. The zero-order valence-electron chi connectivity index (χ0n) is 8.41. The van der Waals surface area contributed by atoms with Crippen LogP contribution in [0.1, 0.15) is 18.4 Å². The summed E-state index contributed by atoms with van der Waals surface area (Å²) in [6, 6.07) is 9.26. The van der Waals surface area contributed by atoms with Crippen molar-refractivity contribution in [1.82, 2.24) is 0 Å². The molecule has 0 saturated carbocycles. The highest BCUT2D eigenvalue weighted by Crippen LogP contribution is 2.03. The molecule has 1 aromatic carbocycles. The molecule has 0 heterocycles. The maximum Gasteiger partial charge on any atom is 0.202 e. The first kappa shape index (κ1) is 11.9. The Morgan fingerprint density at radius 2 is 1.73 bits per heavy atom. The lowest BCUT2D eigenvalue weighted by molar-refractivity contribution is -0.136. The molecule has 0 spiro atoms. The van der Waals surface area contributed by atoms with E-state index in [1.165, 1.54) is 0 Å². The molecule has 0 N–H and O–H groups in total. The van der Waals surface area contributed by atoms with Crippen molar-refractivity contribution in [2.75, 3.05) is 5.88 Å². The SMILES string of the molecule is O=C(CCCCl)C(=O)Cc1ccccc1. The highest BCUT2D eigenvalue weighted by molar-refractivity contribution is 6.37. The van der Waals surface area contributed by atoms with E-state index in [4.69, 9.17) is 11.6 Å². The molecule has 0 fully saturated rings. The van der Waals surface area contributed by atoms with E-state index in [1.54, 1.807) is 0 Å². The Hall–Kier alpha value is -1.15. The van der Waals surface area contributed by atoms with Gasteiger partial charge in [-0.1, -0.05) is 30.3 Å². The molecule has 0 bridgehead atoms. The van der Waals surface area contributed by atoms with Gasteiger partial charge in [0.25, 0.3) is 0 Å². The molecule has 1 aromatic rings. The van der Waals surface area contributed by atoms with E-state index in [9.17, 15) is 9.59 Å². The Morgan fingerprint density at radius 3 is 2.33 bits per heavy atom. The van der Waals surface area contributed by atoms with E-state index in [2.05, 4.69) is 0 Å². The molecule has 0 atom stereocenters. The summed E-state index contributed by atoms with van der Waals surface area (Å²) in [7, 11) is 0. The minimum atomic E-state index is -0.327. The van der Waals surface area contributed by atoms with Crippen LogP contribution in [0.4, 0.5) is 0 Å². The molecule has 80 valence electrons. The van der Waals surface area contributed by atoms with Crippen LogP contribution in [0.25, 0.3) is 0 Å². The van der Waals surface area contributed by atoms with E-state index in [-0.39, 0.29) is 24.4 Å². The van der Waals surface area contributed by atoms with Crippen LogP contribution >= 0.6 is 11.6 Å². The second-order valence-electron chi connectivity index (χ2n) is 3.30. The highest BCUT2D eigenvalue weighted by atomic mass is 35.5. The van der Waals surface area contributed by atoms with Gasteiger partial charge in [0, 0.05) is 18.7 Å². The third kappa shape index (κ3) is 4.26. The van der Waals surface area contributed by atoms with Crippen LogP contribution in [0.2, 0.25) is 0 Å². The van der Waals surface area contributed by atoms with E-state index in [0.717, 1.165) is 5.56 Å². The number of alkyl halides is 1. The molecule has 0 aromatic heterocycles. The van der Waals surface area contributed by atoms with Crippen LogP contribution in [0.5, 0.6) is 0 Å². The maximum atomic E-state index is 11.4. The van der Waals surface area contributed by atoms with E-state index >= 15 is 0 Å². The summed E-state index contributed by atoms with van der Waals surface area (Å²) in [5, 5.41) is 0. The normalized spacial score (nSPS) is 9.93. The number of hydrogen-bond acceptors (Lipinski definition) is 2. The van der Waals surface area contributed by atoms with Gasteiger partial charge >= 0.3 is 0 Å². The van der Waals surface area contributed by atoms with Gasteiger partial charge in [-0.2, -0.15) is 0 Å². The fourth-order valence-electron chi connectivity index (χ4n) is 1.25. The summed E-state index contributed by atoms with van der Waals surface area (Å²) >= 11 is 5.45. The van der Waals surface area contributed by atoms with Gasteiger partial charge in [0.15, 0.2) is 5.78 Å². The van der Waals surface area contributed by atoms with Gasteiger partial charge in [-0.25, -0.2) is 0 Å². The van der Waals surface area contributed by atoms with Crippen LogP contribution in [-0.4, -0.2) is 17.4 Å². The number of rotatable bonds is 6. The average molecular weight is 225 g/mol. The Labute approximate surface area is 94.2 Å². The number of hydrogen-bond donors (Lipinski definition) is 0. The van der Waals surface area contributed by atoms with Crippen molar-refractivity contribution in [2.45, 2.75) is 19.3 Å². The second-order valence-corrected chi connectivity index (χ2v) is 3.68. The topological polar surface area (TPSA) is 34.1 Å². The molecule has 0 aliphatic rings. The third-order valence-electron chi connectivity index (χ3n) is 2.06. The van der Waals surface area contributed by atoms with Crippen molar-refractivity contribution >= 4 is 23.2 Å². The first-order chi connectivity index (χ1) is 7.24. The minimum Gasteiger partial charge on any atom is -0.291 e. The number of carbonyl (C=O) groups is 2. The standard InChI is InChI=1S/C12H13ClO2/c13-8-4-7-11(14)12(15)9-10-5-2-1-3-6-10/h1-3,5-6H,4,7-9H2. The molecular formula is C12H13ClO2. The van der Waals surface area contributed by atoms with Crippen molar-refractivity contribution in [3.05, 3.63) is 35.9 Å². The Kier molecular flexibility index (Phi) is 5.05. The predicted molar refractivity (Wildman–Crippen MR) is 60.1 cm³/mol. The molecular weight excluding hydrogens is 212 g/mol. The van der Waals surface area contributed by atoms with Crippen molar-refractivity contribution < 1.29 is 9.59 Å². The number of ketones is 2.